The van der Waals surface area contributed by atoms with E-state index in [1.165, 1.54) is 0 Å². The largest absolute Gasteiger partial charge is 0.396 e. The summed E-state index contributed by atoms with van der Waals surface area (Å²) in [6, 6.07) is 3.58. The Labute approximate surface area is 82.7 Å². The number of carbonyl (C=O) groups is 1. The van der Waals surface area contributed by atoms with Gasteiger partial charge in [-0.3, -0.25) is 4.79 Å². The standard InChI is InChI=1S/C9H14N4O/c1-6-3-4-7(10)9(12-6)13(2)5-8(11)14/h3-4H,5,10H2,1-2H3,(H2,11,14). The molecule has 0 aliphatic heterocycles. The molecule has 1 heterocycles. The van der Waals surface area contributed by atoms with Gasteiger partial charge in [-0.15, -0.1) is 0 Å². The first-order valence-electron chi connectivity index (χ1n) is 4.23. The Morgan fingerprint density at radius 2 is 2.21 bits per heavy atom. The maximum absolute atomic E-state index is 10.7. The molecule has 0 saturated heterocycles. The maximum Gasteiger partial charge on any atom is 0.236 e. The SMILES string of the molecule is Cc1ccc(N)c(N(C)CC(N)=O)n1. The molecule has 4 N–H and O–H groups in total. The van der Waals surface area contributed by atoms with Crippen LogP contribution >= 0.6 is 0 Å². The molecule has 5 nitrogen and oxygen atoms in total. The van der Waals surface area contributed by atoms with Crippen LogP contribution in [-0.2, 0) is 4.79 Å². The molecule has 14 heavy (non-hydrogen) atoms. The number of rotatable bonds is 3. The van der Waals surface area contributed by atoms with Crippen molar-refractivity contribution in [2.45, 2.75) is 6.92 Å². The molecule has 0 fully saturated rings. The van der Waals surface area contributed by atoms with E-state index >= 15 is 0 Å². The van der Waals surface area contributed by atoms with Gasteiger partial charge in [-0.1, -0.05) is 0 Å². The number of hydrogen-bond acceptors (Lipinski definition) is 4. The first kappa shape index (κ1) is 10.3. The van der Waals surface area contributed by atoms with Crippen molar-refractivity contribution in [3.8, 4) is 0 Å². The lowest BCUT2D eigenvalue weighted by molar-refractivity contribution is -0.116. The van der Waals surface area contributed by atoms with Crippen molar-refractivity contribution in [3.05, 3.63) is 17.8 Å². The number of carbonyl (C=O) groups excluding carboxylic acids is 1. The van der Waals surface area contributed by atoms with Crippen molar-refractivity contribution in [1.29, 1.82) is 0 Å². The number of hydrogen-bond donors (Lipinski definition) is 2. The van der Waals surface area contributed by atoms with Gasteiger partial charge in [-0.2, -0.15) is 0 Å². The van der Waals surface area contributed by atoms with Gasteiger partial charge in [0, 0.05) is 12.7 Å². The van der Waals surface area contributed by atoms with Crippen LogP contribution in [-0.4, -0.2) is 24.5 Å². The van der Waals surface area contributed by atoms with E-state index in [1.807, 2.05) is 13.0 Å². The van der Waals surface area contributed by atoms with E-state index in [4.69, 9.17) is 11.5 Å². The number of amides is 1. The van der Waals surface area contributed by atoms with Crippen LogP contribution < -0.4 is 16.4 Å². The van der Waals surface area contributed by atoms with Crippen LogP contribution in [0.5, 0.6) is 0 Å². The summed E-state index contributed by atoms with van der Waals surface area (Å²) in [7, 11) is 1.73. The number of aryl methyl sites for hydroxylation is 1. The van der Waals surface area contributed by atoms with Crippen LogP contribution in [0.1, 0.15) is 5.69 Å². The van der Waals surface area contributed by atoms with E-state index in [2.05, 4.69) is 4.98 Å². The predicted octanol–water partition coefficient (Wildman–Crippen LogP) is -0.106. The zero-order valence-electron chi connectivity index (χ0n) is 8.32. The smallest absolute Gasteiger partial charge is 0.236 e. The highest BCUT2D eigenvalue weighted by Crippen LogP contribution is 2.18. The van der Waals surface area contributed by atoms with Crippen molar-refractivity contribution in [3.63, 3.8) is 0 Å². The van der Waals surface area contributed by atoms with E-state index in [0.29, 0.717) is 11.5 Å². The molecule has 0 unspecified atom stereocenters. The summed E-state index contributed by atoms with van der Waals surface area (Å²) >= 11 is 0. The number of nitrogens with two attached hydrogens (primary N) is 2. The second-order valence-corrected chi connectivity index (χ2v) is 3.19. The van der Waals surface area contributed by atoms with Crippen molar-refractivity contribution in [2.75, 3.05) is 24.2 Å². The van der Waals surface area contributed by atoms with E-state index in [9.17, 15) is 4.79 Å². The Balaban J connectivity index is 2.93. The molecule has 0 bridgehead atoms. The quantitative estimate of drug-likeness (QED) is 0.703. The molecule has 76 valence electrons. The van der Waals surface area contributed by atoms with Gasteiger partial charge in [0.25, 0.3) is 0 Å². The predicted molar refractivity (Wildman–Crippen MR) is 55.9 cm³/mol. The number of nitrogens with zero attached hydrogens (tertiary/aromatic N) is 2. The van der Waals surface area contributed by atoms with Crippen molar-refractivity contribution in [2.24, 2.45) is 5.73 Å². The van der Waals surface area contributed by atoms with E-state index in [-0.39, 0.29) is 6.54 Å². The normalized spacial score (nSPS) is 9.86. The number of primary amides is 1. The molecular weight excluding hydrogens is 180 g/mol. The highest BCUT2D eigenvalue weighted by molar-refractivity contribution is 5.80. The van der Waals surface area contributed by atoms with Gasteiger partial charge in [0.2, 0.25) is 5.91 Å². The number of nitrogen functional groups attached to an aromatic ring is 1. The van der Waals surface area contributed by atoms with Gasteiger partial charge >= 0.3 is 0 Å². The molecular formula is C9H14N4O. The molecule has 0 spiro atoms. The third-order valence-corrected chi connectivity index (χ3v) is 1.80. The number of likely N-dealkylation sites (N-methyl/N-ethyl adjacent to an activating group) is 1. The van der Waals surface area contributed by atoms with E-state index < -0.39 is 5.91 Å². The highest BCUT2D eigenvalue weighted by atomic mass is 16.1. The summed E-state index contributed by atoms with van der Waals surface area (Å²) in [4.78, 5) is 16.5. The Morgan fingerprint density at radius 3 is 2.79 bits per heavy atom. The lowest BCUT2D eigenvalue weighted by atomic mass is 10.3. The average Bonchev–Trinajstić information content (AvgIpc) is 2.08. The zero-order chi connectivity index (χ0) is 10.7. The third-order valence-electron chi connectivity index (χ3n) is 1.80. The van der Waals surface area contributed by atoms with Crippen LogP contribution in [0.4, 0.5) is 11.5 Å². The Kier molecular flexibility index (Phi) is 2.91. The molecule has 5 heteroatoms. The van der Waals surface area contributed by atoms with Gasteiger partial charge in [0.15, 0.2) is 5.82 Å². The van der Waals surface area contributed by atoms with Gasteiger partial charge in [-0.25, -0.2) is 4.98 Å². The van der Waals surface area contributed by atoms with E-state index in [1.54, 1.807) is 18.0 Å². The molecule has 1 aromatic heterocycles. The molecule has 1 rings (SSSR count). The Hall–Kier alpha value is -1.78. The number of anilines is 2. The summed E-state index contributed by atoms with van der Waals surface area (Å²) in [6.07, 6.45) is 0. The lowest BCUT2D eigenvalue weighted by Crippen LogP contribution is -2.31. The summed E-state index contributed by atoms with van der Waals surface area (Å²) in [6.45, 7) is 1.97. The highest BCUT2D eigenvalue weighted by Gasteiger charge is 2.08. The van der Waals surface area contributed by atoms with Crippen LogP contribution in [0, 0.1) is 6.92 Å². The molecule has 0 atom stereocenters. The van der Waals surface area contributed by atoms with Crippen molar-refractivity contribution >= 4 is 17.4 Å². The molecule has 0 radical (unpaired) electrons. The Bertz CT molecular complexity index is 351. The minimum atomic E-state index is -0.407. The maximum atomic E-state index is 10.7. The van der Waals surface area contributed by atoms with Gasteiger partial charge < -0.3 is 16.4 Å². The van der Waals surface area contributed by atoms with Crippen LogP contribution in [0.15, 0.2) is 12.1 Å². The van der Waals surface area contributed by atoms with Crippen LogP contribution in [0.3, 0.4) is 0 Å². The van der Waals surface area contributed by atoms with Crippen molar-refractivity contribution in [1.82, 2.24) is 4.98 Å². The van der Waals surface area contributed by atoms with Gasteiger partial charge in [0.1, 0.15) is 0 Å². The van der Waals surface area contributed by atoms with Crippen LogP contribution in [0.25, 0.3) is 0 Å². The fourth-order valence-corrected chi connectivity index (χ4v) is 1.17. The fourth-order valence-electron chi connectivity index (χ4n) is 1.17. The van der Waals surface area contributed by atoms with E-state index in [0.717, 1.165) is 5.69 Å². The second kappa shape index (κ2) is 3.95. The summed E-state index contributed by atoms with van der Waals surface area (Å²) in [5.74, 6) is 0.180. The molecule has 0 saturated carbocycles. The topological polar surface area (TPSA) is 85.2 Å². The summed E-state index contributed by atoms with van der Waals surface area (Å²) in [5, 5.41) is 0. The minimum Gasteiger partial charge on any atom is -0.396 e. The van der Waals surface area contributed by atoms with Crippen molar-refractivity contribution < 1.29 is 4.79 Å². The summed E-state index contributed by atoms with van der Waals surface area (Å²) < 4.78 is 0. The molecule has 0 aliphatic rings. The lowest BCUT2D eigenvalue weighted by Gasteiger charge is -2.18. The minimum absolute atomic E-state index is 0.112. The summed E-state index contributed by atoms with van der Waals surface area (Å²) in [5.41, 5.74) is 12.2. The first-order chi connectivity index (χ1) is 6.50. The van der Waals surface area contributed by atoms with Gasteiger partial charge in [0.05, 0.1) is 12.2 Å². The first-order valence-corrected chi connectivity index (χ1v) is 4.23. The number of aromatic nitrogens is 1. The van der Waals surface area contributed by atoms with Crippen LogP contribution in [0.2, 0.25) is 0 Å². The Morgan fingerprint density at radius 1 is 1.57 bits per heavy atom. The zero-order valence-corrected chi connectivity index (χ0v) is 8.32. The molecule has 1 amide bonds. The third kappa shape index (κ3) is 2.35. The second-order valence-electron chi connectivity index (χ2n) is 3.19. The van der Waals surface area contributed by atoms with Gasteiger partial charge in [-0.05, 0) is 19.1 Å². The number of pyridine rings is 1. The average molecular weight is 194 g/mol. The molecule has 1 aromatic rings. The molecule has 0 aromatic carbocycles. The monoisotopic (exact) mass is 194 g/mol. The molecule has 0 aliphatic carbocycles. The fraction of sp³-hybridized carbons (Fsp3) is 0.333.